The molecular formula is C13H17FN2O2. The Morgan fingerprint density at radius 2 is 2.22 bits per heavy atom. The molecule has 0 saturated carbocycles. The van der Waals surface area contributed by atoms with Crippen LogP contribution in [0.4, 0.5) is 4.39 Å². The Morgan fingerprint density at radius 1 is 1.50 bits per heavy atom. The molecule has 0 aromatic heterocycles. The molecule has 1 atom stereocenters. The fraction of sp³-hybridized carbons (Fsp3) is 0.462. The molecule has 0 aliphatic carbocycles. The van der Waals surface area contributed by atoms with Crippen LogP contribution >= 0.6 is 0 Å². The van der Waals surface area contributed by atoms with Crippen LogP contribution in [0.2, 0.25) is 0 Å². The van der Waals surface area contributed by atoms with Gasteiger partial charge in [-0.1, -0.05) is 0 Å². The minimum absolute atomic E-state index is 0.0365. The number of likely N-dealkylation sites (tertiary alicyclic amines) is 1. The highest BCUT2D eigenvalue weighted by Crippen LogP contribution is 2.22. The second-order valence-electron chi connectivity index (χ2n) is 4.82. The Kier molecular flexibility index (Phi) is 3.52. The molecule has 1 saturated heterocycles. The Balaban J connectivity index is 2.15. The second-order valence-corrected chi connectivity index (χ2v) is 4.82. The molecule has 0 spiro atoms. The van der Waals surface area contributed by atoms with Crippen LogP contribution in [0.25, 0.3) is 0 Å². The first-order valence-corrected chi connectivity index (χ1v) is 5.93. The molecule has 5 heteroatoms. The van der Waals surface area contributed by atoms with Gasteiger partial charge in [-0.3, -0.25) is 4.79 Å². The molecule has 18 heavy (non-hydrogen) atoms. The molecule has 1 fully saturated rings. The summed E-state index contributed by atoms with van der Waals surface area (Å²) in [7, 11) is 3.94. The lowest BCUT2D eigenvalue weighted by molar-refractivity contribution is 0.0779. The van der Waals surface area contributed by atoms with Gasteiger partial charge < -0.3 is 14.9 Å². The zero-order chi connectivity index (χ0) is 13.3. The van der Waals surface area contributed by atoms with E-state index in [2.05, 4.69) is 4.90 Å². The third kappa shape index (κ3) is 2.46. The van der Waals surface area contributed by atoms with Crippen molar-refractivity contribution in [1.82, 2.24) is 9.80 Å². The van der Waals surface area contributed by atoms with Crippen molar-refractivity contribution in [2.45, 2.75) is 12.5 Å². The summed E-state index contributed by atoms with van der Waals surface area (Å²) in [6.45, 7) is 1.25. The Hall–Kier alpha value is -1.62. The highest BCUT2D eigenvalue weighted by atomic mass is 19.1. The second kappa shape index (κ2) is 4.94. The van der Waals surface area contributed by atoms with Gasteiger partial charge in [0.2, 0.25) is 0 Å². The number of phenolic OH excluding ortho intramolecular Hbond substituents is 1. The molecule has 98 valence electrons. The number of hydrogen-bond acceptors (Lipinski definition) is 3. The van der Waals surface area contributed by atoms with E-state index in [1.165, 1.54) is 6.07 Å². The molecule has 1 aliphatic heterocycles. The summed E-state index contributed by atoms with van der Waals surface area (Å²) in [5.41, 5.74) is 0.0365. The van der Waals surface area contributed by atoms with Crippen molar-refractivity contribution in [1.29, 1.82) is 0 Å². The summed E-state index contributed by atoms with van der Waals surface area (Å²) in [6, 6.07) is 3.76. The maximum absolute atomic E-state index is 13.1. The van der Waals surface area contributed by atoms with E-state index < -0.39 is 5.82 Å². The van der Waals surface area contributed by atoms with Crippen molar-refractivity contribution >= 4 is 5.91 Å². The van der Waals surface area contributed by atoms with Gasteiger partial charge in [0.1, 0.15) is 11.6 Å². The number of aromatic hydroxyl groups is 1. The lowest BCUT2D eigenvalue weighted by Crippen LogP contribution is -2.34. The average Bonchev–Trinajstić information content (AvgIpc) is 2.81. The predicted molar refractivity (Wildman–Crippen MR) is 66.1 cm³/mol. The van der Waals surface area contributed by atoms with Crippen LogP contribution in [-0.2, 0) is 0 Å². The first-order chi connectivity index (χ1) is 8.49. The summed E-state index contributed by atoms with van der Waals surface area (Å²) < 4.78 is 13.1. The summed E-state index contributed by atoms with van der Waals surface area (Å²) in [6.07, 6.45) is 0.898. The molecule has 1 heterocycles. The van der Waals surface area contributed by atoms with Crippen LogP contribution in [0.3, 0.4) is 0 Å². The SMILES string of the molecule is CN(C)C1CCN(C(=O)c2cc(F)ccc2O)C1. The topological polar surface area (TPSA) is 43.8 Å². The van der Waals surface area contributed by atoms with Crippen LogP contribution in [0, 0.1) is 5.82 Å². The number of amides is 1. The standard InChI is InChI=1S/C13H17FN2O2/c1-15(2)10-5-6-16(8-10)13(18)11-7-9(14)3-4-12(11)17/h3-4,7,10,17H,5-6,8H2,1-2H3. The molecule has 1 aromatic rings. The lowest BCUT2D eigenvalue weighted by atomic mass is 10.1. The predicted octanol–water partition coefficient (Wildman–Crippen LogP) is 1.31. The first kappa shape index (κ1) is 12.8. The number of phenols is 1. The number of hydrogen-bond donors (Lipinski definition) is 1. The van der Waals surface area contributed by atoms with E-state index in [4.69, 9.17) is 0 Å². The quantitative estimate of drug-likeness (QED) is 0.863. The first-order valence-electron chi connectivity index (χ1n) is 5.93. The van der Waals surface area contributed by atoms with Gasteiger partial charge in [0.25, 0.3) is 5.91 Å². The molecule has 2 rings (SSSR count). The van der Waals surface area contributed by atoms with E-state index in [9.17, 15) is 14.3 Å². The van der Waals surface area contributed by atoms with E-state index >= 15 is 0 Å². The summed E-state index contributed by atoms with van der Waals surface area (Å²) in [5.74, 6) is -0.995. The largest absolute Gasteiger partial charge is 0.507 e. The lowest BCUT2D eigenvalue weighted by Gasteiger charge is -2.20. The average molecular weight is 252 g/mol. The Labute approximate surface area is 106 Å². The van der Waals surface area contributed by atoms with Gasteiger partial charge in [-0.05, 0) is 38.7 Å². The fourth-order valence-corrected chi connectivity index (χ4v) is 2.20. The Morgan fingerprint density at radius 3 is 2.83 bits per heavy atom. The van der Waals surface area contributed by atoms with E-state index in [-0.39, 0.29) is 17.2 Å². The third-order valence-electron chi connectivity index (χ3n) is 3.37. The van der Waals surface area contributed by atoms with Gasteiger partial charge in [0, 0.05) is 19.1 Å². The molecule has 0 bridgehead atoms. The number of nitrogens with zero attached hydrogens (tertiary/aromatic N) is 2. The number of carbonyl (C=O) groups excluding carboxylic acids is 1. The van der Waals surface area contributed by atoms with Crippen molar-refractivity contribution in [2.24, 2.45) is 0 Å². The third-order valence-corrected chi connectivity index (χ3v) is 3.37. The summed E-state index contributed by atoms with van der Waals surface area (Å²) >= 11 is 0. The molecule has 1 aromatic carbocycles. The smallest absolute Gasteiger partial charge is 0.257 e. The van der Waals surface area contributed by atoms with Crippen LogP contribution in [0.1, 0.15) is 16.8 Å². The number of likely N-dealkylation sites (N-methyl/N-ethyl adjacent to an activating group) is 1. The maximum Gasteiger partial charge on any atom is 0.257 e. The molecule has 4 nitrogen and oxygen atoms in total. The van der Waals surface area contributed by atoms with Crippen molar-refractivity contribution in [2.75, 3.05) is 27.2 Å². The molecule has 1 unspecified atom stereocenters. The zero-order valence-corrected chi connectivity index (χ0v) is 10.6. The zero-order valence-electron chi connectivity index (χ0n) is 10.6. The summed E-state index contributed by atoms with van der Waals surface area (Å²) in [4.78, 5) is 15.9. The van der Waals surface area contributed by atoms with Crippen molar-refractivity contribution in [3.63, 3.8) is 0 Å². The van der Waals surface area contributed by atoms with Crippen LogP contribution in [0.5, 0.6) is 5.75 Å². The van der Waals surface area contributed by atoms with Gasteiger partial charge in [-0.15, -0.1) is 0 Å². The van der Waals surface area contributed by atoms with Crippen LogP contribution < -0.4 is 0 Å². The van der Waals surface area contributed by atoms with Crippen LogP contribution in [0.15, 0.2) is 18.2 Å². The van der Waals surface area contributed by atoms with Crippen molar-refractivity contribution in [3.05, 3.63) is 29.6 Å². The fourth-order valence-electron chi connectivity index (χ4n) is 2.20. The van der Waals surface area contributed by atoms with Crippen molar-refractivity contribution < 1.29 is 14.3 Å². The molecule has 1 amide bonds. The van der Waals surface area contributed by atoms with E-state index in [1.54, 1.807) is 4.90 Å². The number of rotatable bonds is 2. The highest BCUT2D eigenvalue weighted by molar-refractivity contribution is 5.97. The normalized spacial score (nSPS) is 19.6. The Bertz CT molecular complexity index is 462. The number of carbonyl (C=O) groups is 1. The van der Waals surface area contributed by atoms with Gasteiger partial charge in [-0.2, -0.15) is 0 Å². The minimum Gasteiger partial charge on any atom is -0.507 e. The van der Waals surface area contributed by atoms with E-state index in [0.29, 0.717) is 19.1 Å². The van der Waals surface area contributed by atoms with Gasteiger partial charge >= 0.3 is 0 Å². The van der Waals surface area contributed by atoms with Gasteiger partial charge in [-0.25, -0.2) is 4.39 Å². The number of halogens is 1. The highest BCUT2D eigenvalue weighted by Gasteiger charge is 2.29. The van der Waals surface area contributed by atoms with Gasteiger partial charge in [0.15, 0.2) is 0 Å². The summed E-state index contributed by atoms with van der Waals surface area (Å²) in [5, 5.41) is 9.62. The van der Waals surface area contributed by atoms with Crippen molar-refractivity contribution in [3.8, 4) is 5.75 Å². The van der Waals surface area contributed by atoms with E-state index in [0.717, 1.165) is 18.6 Å². The van der Waals surface area contributed by atoms with E-state index in [1.807, 2.05) is 14.1 Å². The molecule has 1 N–H and O–H groups in total. The maximum atomic E-state index is 13.1. The van der Waals surface area contributed by atoms with Crippen LogP contribution in [-0.4, -0.2) is 54.0 Å². The monoisotopic (exact) mass is 252 g/mol. The molecular weight excluding hydrogens is 235 g/mol. The van der Waals surface area contributed by atoms with Gasteiger partial charge in [0.05, 0.1) is 5.56 Å². The minimum atomic E-state index is -0.514. The number of benzene rings is 1. The molecule has 1 aliphatic rings. The molecule has 0 radical (unpaired) electrons.